The maximum absolute atomic E-state index is 3.16. The van der Waals surface area contributed by atoms with Gasteiger partial charge in [0.25, 0.3) is 0 Å². The summed E-state index contributed by atoms with van der Waals surface area (Å²) >= 11 is 0. The van der Waals surface area contributed by atoms with Crippen LogP contribution in [-0.4, -0.2) is 0 Å². The van der Waals surface area contributed by atoms with Crippen LogP contribution in [0, 0.1) is 19.1 Å². The van der Waals surface area contributed by atoms with Gasteiger partial charge in [0, 0.05) is 65.4 Å². The zero-order valence-electron chi connectivity index (χ0n) is 7.54. The largest absolute Gasteiger partial charge is 0.255 e. The van der Waals surface area contributed by atoms with E-state index >= 15 is 0 Å². The van der Waals surface area contributed by atoms with Crippen LogP contribution in [0.15, 0.2) is 30.3 Å². The van der Waals surface area contributed by atoms with Crippen molar-refractivity contribution in [2.45, 2.75) is 6.92 Å². The average molecular weight is 318 g/mol. The summed E-state index contributed by atoms with van der Waals surface area (Å²) in [4.78, 5) is 0. The zero-order valence-corrected chi connectivity index (χ0v) is 13.2. The van der Waals surface area contributed by atoms with E-state index in [1.807, 2.05) is 18.2 Å². The summed E-state index contributed by atoms with van der Waals surface area (Å²) in [5.41, 5.74) is 1.30. The Kier molecular flexibility index (Phi) is 6.85. The first-order valence-corrected chi connectivity index (χ1v) is 3.65. The molecule has 0 unspecified atom stereocenters. The molecule has 60 valence electrons. The maximum atomic E-state index is 3.16. The van der Waals surface area contributed by atoms with Crippen molar-refractivity contribution in [2.75, 3.05) is 0 Å². The molecule has 0 fully saturated rings. The fraction of sp³-hybridized carbons (Fsp3) is 0.0909. The third kappa shape index (κ3) is 3.20. The van der Waals surface area contributed by atoms with E-state index in [1.165, 1.54) is 10.9 Å². The number of benzene rings is 2. The number of hydrogen-bond donors (Lipinski definition) is 0. The van der Waals surface area contributed by atoms with Gasteiger partial charge < -0.3 is 0 Å². The van der Waals surface area contributed by atoms with Crippen LogP contribution >= 0.6 is 0 Å². The summed E-state index contributed by atoms with van der Waals surface area (Å²) in [6.07, 6.45) is 0. The van der Waals surface area contributed by atoms with Crippen molar-refractivity contribution in [3.05, 3.63) is 48.0 Å². The number of aryl methyl sites for hydroxylation is 1. The SMILES string of the molecule is Cc1cc[c-]c2c[c-]ccc12.[Y].[Y]. The van der Waals surface area contributed by atoms with Gasteiger partial charge in [0.1, 0.15) is 0 Å². The molecule has 0 saturated heterocycles. The second-order valence-electron chi connectivity index (χ2n) is 2.63. The molecule has 0 N–H and O–H groups in total. The Morgan fingerprint density at radius 2 is 1.85 bits per heavy atom. The predicted octanol–water partition coefficient (Wildman–Crippen LogP) is 2.74. The molecular weight excluding hydrogens is 310 g/mol. The van der Waals surface area contributed by atoms with Crippen LogP contribution < -0.4 is 0 Å². The van der Waals surface area contributed by atoms with Crippen LogP contribution in [0.25, 0.3) is 10.8 Å². The summed E-state index contributed by atoms with van der Waals surface area (Å²) in [7, 11) is 0. The predicted molar refractivity (Wildman–Crippen MR) is 46.4 cm³/mol. The first kappa shape index (κ1) is 13.9. The van der Waals surface area contributed by atoms with E-state index in [2.05, 4.69) is 31.2 Å². The quantitative estimate of drug-likeness (QED) is 0.655. The second-order valence-corrected chi connectivity index (χ2v) is 2.63. The van der Waals surface area contributed by atoms with Crippen molar-refractivity contribution >= 4 is 10.8 Å². The summed E-state index contributed by atoms with van der Waals surface area (Å²) in [6.45, 7) is 2.11. The van der Waals surface area contributed by atoms with Gasteiger partial charge in [-0.05, 0) is 0 Å². The molecule has 0 aliphatic carbocycles. The van der Waals surface area contributed by atoms with Gasteiger partial charge in [0.2, 0.25) is 0 Å². The van der Waals surface area contributed by atoms with E-state index in [-0.39, 0.29) is 65.4 Å². The van der Waals surface area contributed by atoms with Gasteiger partial charge in [-0.15, -0.1) is 6.07 Å². The maximum Gasteiger partial charge on any atom is 0 e. The van der Waals surface area contributed by atoms with Gasteiger partial charge in [0.05, 0.1) is 0 Å². The van der Waals surface area contributed by atoms with E-state index in [1.54, 1.807) is 0 Å². The van der Waals surface area contributed by atoms with Crippen molar-refractivity contribution in [3.8, 4) is 0 Å². The van der Waals surface area contributed by atoms with Gasteiger partial charge in [-0.3, -0.25) is 11.5 Å². The van der Waals surface area contributed by atoms with Gasteiger partial charge in [-0.25, -0.2) is 23.6 Å². The third-order valence-corrected chi connectivity index (χ3v) is 1.86. The Morgan fingerprint density at radius 3 is 2.54 bits per heavy atom. The van der Waals surface area contributed by atoms with E-state index in [9.17, 15) is 0 Å². The summed E-state index contributed by atoms with van der Waals surface area (Å²) in [6, 6.07) is 16.2. The molecule has 0 saturated carbocycles. The molecule has 2 aromatic rings. The average Bonchev–Trinajstić information content (AvgIpc) is 2.06. The molecule has 0 aliphatic rings. The van der Waals surface area contributed by atoms with Crippen LogP contribution in [-0.2, 0) is 65.4 Å². The molecular formula is C11H8Y2-2. The monoisotopic (exact) mass is 318 g/mol. The van der Waals surface area contributed by atoms with Crippen LogP contribution in [0.4, 0.5) is 0 Å². The van der Waals surface area contributed by atoms with Gasteiger partial charge >= 0.3 is 0 Å². The van der Waals surface area contributed by atoms with Crippen LogP contribution in [0.3, 0.4) is 0 Å². The molecule has 0 atom stereocenters. The molecule has 2 rings (SSSR count). The van der Waals surface area contributed by atoms with Gasteiger partial charge in [-0.1, -0.05) is 6.92 Å². The minimum atomic E-state index is 0. The minimum absolute atomic E-state index is 0. The molecule has 2 heteroatoms. The third-order valence-electron chi connectivity index (χ3n) is 1.86. The van der Waals surface area contributed by atoms with E-state index < -0.39 is 0 Å². The molecule has 0 aliphatic heterocycles. The summed E-state index contributed by atoms with van der Waals surface area (Å²) < 4.78 is 0. The van der Waals surface area contributed by atoms with Gasteiger partial charge in [0.15, 0.2) is 0 Å². The fourth-order valence-corrected chi connectivity index (χ4v) is 1.24. The molecule has 2 aromatic carbocycles. The molecule has 0 spiro atoms. The fourth-order valence-electron chi connectivity index (χ4n) is 1.24. The molecule has 0 amide bonds. The number of rotatable bonds is 0. The molecule has 0 nitrogen and oxygen atoms in total. The molecule has 0 bridgehead atoms. The summed E-state index contributed by atoms with van der Waals surface area (Å²) in [5, 5.41) is 2.42. The first-order chi connectivity index (χ1) is 5.38. The van der Waals surface area contributed by atoms with Gasteiger partial charge in [-0.2, -0.15) is 17.7 Å². The van der Waals surface area contributed by atoms with Crippen molar-refractivity contribution in [1.82, 2.24) is 0 Å². The Morgan fingerprint density at radius 1 is 1.08 bits per heavy atom. The van der Waals surface area contributed by atoms with Crippen molar-refractivity contribution < 1.29 is 65.4 Å². The van der Waals surface area contributed by atoms with Crippen molar-refractivity contribution in [1.29, 1.82) is 0 Å². The Hall–Kier alpha value is 0.908. The van der Waals surface area contributed by atoms with Crippen LogP contribution in [0.5, 0.6) is 0 Å². The molecule has 2 radical (unpaired) electrons. The smallest absolute Gasteiger partial charge is 0 e. The van der Waals surface area contributed by atoms with E-state index in [4.69, 9.17) is 0 Å². The standard InChI is InChI=1S/C11H8.2Y/c1-9-5-4-7-10-6-2-3-8-11(9)10;;/h3-6,8H,1H3;;/q-2;;. The van der Waals surface area contributed by atoms with Crippen LogP contribution in [0.2, 0.25) is 0 Å². The Balaban J connectivity index is 0.000000720. The topological polar surface area (TPSA) is 0 Å². The normalized spacial score (nSPS) is 8.69. The Bertz CT molecular complexity index is 377. The van der Waals surface area contributed by atoms with E-state index in [0.29, 0.717) is 0 Å². The molecule has 0 heterocycles. The van der Waals surface area contributed by atoms with Crippen molar-refractivity contribution in [3.63, 3.8) is 0 Å². The molecule has 13 heavy (non-hydrogen) atoms. The first-order valence-electron chi connectivity index (χ1n) is 3.65. The number of hydrogen-bond acceptors (Lipinski definition) is 0. The zero-order chi connectivity index (χ0) is 7.68. The van der Waals surface area contributed by atoms with E-state index in [0.717, 1.165) is 5.39 Å². The van der Waals surface area contributed by atoms with Crippen molar-refractivity contribution in [2.24, 2.45) is 0 Å². The Labute approximate surface area is 129 Å². The second kappa shape index (κ2) is 6.40. The number of fused-ring (bicyclic) bond motifs is 1. The summed E-state index contributed by atoms with van der Waals surface area (Å²) in [5.74, 6) is 0. The molecule has 0 aromatic heterocycles. The van der Waals surface area contributed by atoms with Crippen LogP contribution in [0.1, 0.15) is 5.56 Å². The minimum Gasteiger partial charge on any atom is -0.255 e.